The topological polar surface area (TPSA) is 119 Å². The number of nitrogens with one attached hydrogen (secondary N) is 1. The molecule has 0 spiro atoms. The van der Waals surface area contributed by atoms with Crippen LogP contribution in [0, 0.1) is 0 Å². The van der Waals surface area contributed by atoms with E-state index in [1.807, 2.05) is 0 Å². The summed E-state index contributed by atoms with van der Waals surface area (Å²) in [5.74, 6) is 0.345. The fourth-order valence-electron chi connectivity index (χ4n) is 2.57. The van der Waals surface area contributed by atoms with Gasteiger partial charge in [0.15, 0.2) is 0 Å². The van der Waals surface area contributed by atoms with Gasteiger partial charge in [0.1, 0.15) is 10.6 Å². The number of carbonyl (C=O) groups is 1. The SMILES string of the molecule is COc1ccc(-n2nnnc2SC(C)C(=O)Nc2ccc(Cl)c(S(=O)(=O)N(C)C)c2)cc1. The van der Waals surface area contributed by atoms with Crippen LogP contribution >= 0.6 is 23.4 Å². The second-order valence-corrected chi connectivity index (χ2v) is 10.6. The summed E-state index contributed by atoms with van der Waals surface area (Å²) in [4.78, 5) is 12.6. The summed E-state index contributed by atoms with van der Waals surface area (Å²) in [6.07, 6.45) is 0. The molecule has 2 aromatic carbocycles. The number of hydrogen-bond donors (Lipinski definition) is 1. The predicted octanol–water partition coefficient (Wildman–Crippen LogP) is 2.69. The molecule has 1 amide bonds. The van der Waals surface area contributed by atoms with Crippen LogP contribution in [0.2, 0.25) is 5.02 Å². The van der Waals surface area contributed by atoms with Crippen molar-refractivity contribution in [1.29, 1.82) is 0 Å². The van der Waals surface area contributed by atoms with Crippen LogP contribution in [-0.4, -0.2) is 65.3 Å². The van der Waals surface area contributed by atoms with E-state index in [9.17, 15) is 13.2 Å². The number of tetrazole rings is 1. The highest BCUT2D eigenvalue weighted by molar-refractivity contribution is 8.00. The van der Waals surface area contributed by atoms with Gasteiger partial charge < -0.3 is 10.1 Å². The molecule has 1 atom stereocenters. The van der Waals surface area contributed by atoms with Gasteiger partial charge in [-0.25, -0.2) is 12.7 Å². The molecule has 10 nitrogen and oxygen atoms in total. The maximum absolute atomic E-state index is 12.7. The summed E-state index contributed by atoms with van der Waals surface area (Å²) in [6, 6.07) is 11.4. The normalized spacial score (nSPS) is 12.6. The van der Waals surface area contributed by atoms with Gasteiger partial charge in [0.2, 0.25) is 21.1 Å². The molecule has 0 aliphatic carbocycles. The molecular weight excluding hydrogens is 476 g/mol. The number of carbonyl (C=O) groups excluding carboxylic acids is 1. The number of anilines is 1. The Morgan fingerprint density at radius 1 is 1.22 bits per heavy atom. The fourth-order valence-corrected chi connectivity index (χ4v) is 4.77. The number of sulfonamides is 1. The number of ether oxygens (including phenoxy) is 1. The number of halogens is 1. The highest BCUT2D eigenvalue weighted by atomic mass is 35.5. The van der Waals surface area contributed by atoms with E-state index < -0.39 is 15.3 Å². The molecule has 3 rings (SSSR count). The lowest BCUT2D eigenvalue weighted by Gasteiger charge is -2.15. The molecule has 0 aliphatic rings. The standard InChI is InChI=1S/C19H21ClN6O4S2/c1-12(31-19-22-23-24-26(19)14-6-8-15(30-4)9-7-14)18(27)21-13-5-10-16(20)17(11-13)32(28,29)25(2)3/h5-12H,1-4H3,(H,21,27). The van der Waals surface area contributed by atoms with Crippen LogP contribution in [0.25, 0.3) is 5.69 Å². The van der Waals surface area contributed by atoms with E-state index in [0.29, 0.717) is 22.3 Å². The maximum atomic E-state index is 12.7. The second-order valence-electron chi connectivity index (χ2n) is 6.75. The Kier molecular flexibility index (Phi) is 7.39. The van der Waals surface area contributed by atoms with Gasteiger partial charge in [-0.15, -0.1) is 5.10 Å². The summed E-state index contributed by atoms with van der Waals surface area (Å²) in [5, 5.41) is 14.3. The van der Waals surface area contributed by atoms with Crippen molar-refractivity contribution >= 4 is 45.0 Å². The molecule has 1 N–H and O–H groups in total. The third kappa shape index (κ3) is 5.21. The molecule has 0 radical (unpaired) electrons. The molecule has 0 saturated heterocycles. The first-order valence-electron chi connectivity index (χ1n) is 9.26. The third-order valence-electron chi connectivity index (χ3n) is 4.37. The summed E-state index contributed by atoms with van der Waals surface area (Å²) < 4.78 is 32.6. The van der Waals surface area contributed by atoms with Gasteiger partial charge in [-0.3, -0.25) is 4.79 Å². The van der Waals surface area contributed by atoms with Crippen molar-refractivity contribution in [2.75, 3.05) is 26.5 Å². The zero-order valence-electron chi connectivity index (χ0n) is 17.7. The van der Waals surface area contributed by atoms with E-state index in [0.717, 1.165) is 16.1 Å². The predicted molar refractivity (Wildman–Crippen MR) is 122 cm³/mol. The van der Waals surface area contributed by atoms with Crippen LogP contribution in [0.15, 0.2) is 52.5 Å². The lowest BCUT2D eigenvalue weighted by molar-refractivity contribution is -0.115. The number of aromatic nitrogens is 4. The third-order valence-corrected chi connectivity index (χ3v) is 7.70. The molecule has 0 aliphatic heterocycles. The number of methoxy groups -OCH3 is 1. The van der Waals surface area contributed by atoms with Crippen molar-refractivity contribution in [3.63, 3.8) is 0 Å². The smallest absolute Gasteiger partial charge is 0.244 e. The van der Waals surface area contributed by atoms with Crippen molar-refractivity contribution in [2.45, 2.75) is 22.2 Å². The van der Waals surface area contributed by atoms with E-state index in [1.165, 1.54) is 37.0 Å². The highest BCUT2D eigenvalue weighted by Crippen LogP contribution is 2.28. The van der Waals surface area contributed by atoms with Gasteiger partial charge in [0.05, 0.1) is 23.1 Å². The van der Waals surface area contributed by atoms with Crippen LogP contribution in [0.3, 0.4) is 0 Å². The van der Waals surface area contributed by atoms with E-state index in [-0.39, 0.29) is 15.8 Å². The van der Waals surface area contributed by atoms with Crippen LogP contribution < -0.4 is 10.1 Å². The lowest BCUT2D eigenvalue weighted by atomic mass is 10.3. The fraction of sp³-hybridized carbons (Fsp3) is 0.263. The summed E-state index contributed by atoms with van der Waals surface area (Å²) in [6.45, 7) is 1.69. The number of rotatable bonds is 8. The maximum Gasteiger partial charge on any atom is 0.244 e. The summed E-state index contributed by atoms with van der Waals surface area (Å²) in [7, 11) is 0.625. The largest absolute Gasteiger partial charge is 0.497 e. The van der Waals surface area contributed by atoms with Gasteiger partial charge in [0.25, 0.3) is 0 Å². The Morgan fingerprint density at radius 3 is 2.53 bits per heavy atom. The molecule has 1 heterocycles. The Hall–Kier alpha value is -2.67. The Balaban J connectivity index is 1.75. The average Bonchev–Trinajstić information content (AvgIpc) is 3.22. The quantitative estimate of drug-likeness (QED) is 0.473. The van der Waals surface area contributed by atoms with Crippen molar-refractivity contribution < 1.29 is 17.9 Å². The average molecular weight is 497 g/mol. The van der Waals surface area contributed by atoms with E-state index in [2.05, 4.69) is 20.8 Å². The highest BCUT2D eigenvalue weighted by Gasteiger charge is 2.23. The minimum Gasteiger partial charge on any atom is -0.497 e. The number of thioether (sulfide) groups is 1. The molecule has 3 aromatic rings. The number of benzene rings is 2. The molecule has 170 valence electrons. The molecule has 32 heavy (non-hydrogen) atoms. The first kappa shape index (κ1) is 24.0. The molecule has 0 saturated carbocycles. The Labute approximate surface area is 194 Å². The van der Waals surface area contributed by atoms with Gasteiger partial charge in [-0.05, 0) is 59.8 Å². The van der Waals surface area contributed by atoms with Crippen molar-refractivity contribution in [3.05, 3.63) is 47.5 Å². The monoisotopic (exact) mass is 496 g/mol. The molecular formula is C19H21ClN6O4S2. The zero-order valence-corrected chi connectivity index (χ0v) is 20.1. The minimum absolute atomic E-state index is 0.0674. The Morgan fingerprint density at radius 2 is 1.91 bits per heavy atom. The van der Waals surface area contributed by atoms with Crippen LogP contribution in [-0.2, 0) is 14.8 Å². The van der Waals surface area contributed by atoms with Crippen molar-refractivity contribution in [2.24, 2.45) is 0 Å². The number of nitrogens with zero attached hydrogens (tertiary/aromatic N) is 5. The van der Waals surface area contributed by atoms with Crippen LogP contribution in [0.1, 0.15) is 6.92 Å². The molecule has 13 heteroatoms. The summed E-state index contributed by atoms with van der Waals surface area (Å²) >= 11 is 7.22. The lowest BCUT2D eigenvalue weighted by Crippen LogP contribution is -2.24. The molecule has 1 aromatic heterocycles. The van der Waals surface area contributed by atoms with Gasteiger partial charge in [-0.1, -0.05) is 23.4 Å². The number of hydrogen-bond acceptors (Lipinski definition) is 8. The first-order chi connectivity index (χ1) is 15.1. The van der Waals surface area contributed by atoms with E-state index in [1.54, 1.807) is 38.3 Å². The molecule has 0 bridgehead atoms. The van der Waals surface area contributed by atoms with Crippen molar-refractivity contribution in [1.82, 2.24) is 24.5 Å². The zero-order chi connectivity index (χ0) is 23.5. The van der Waals surface area contributed by atoms with E-state index >= 15 is 0 Å². The van der Waals surface area contributed by atoms with Crippen LogP contribution in [0.5, 0.6) is 5.75 Å². The van der Waals surface area contributed by atoms with Gasteiger partial charge >= 0.3 is 0 Å². The molecule has 1 unspecified atom stereocenters. The summed E-state index contributed by atoms with van der Waals surface area (Å²) in [5.41, 5.74) is 1.02. The van der Waals surface area contributed by atoms with Crippen LogP contribution in [0.4, 0.5) is 5.69 Å². The van der Waals surface area contributed by atoms with Gasteiger partial charge in [0, 0.05) is 19.8 Å². The van der Waals surface area contributed by atoms with Crippen molar-refractivity contribution in [3.8, 4) is 11.4 Å². The van der Waals surface area contributed by atoms with E-state index in [4.69, 9.17) is 16.3 Å². The minimum atomic E-state index is -3.76. The molecule has 0 fully saturated rings. The second kappa shape index (κ2) is 9.86. The Bertz CT molecular complexity index is 1210. The first-order valence-corrected chi connectivity index (χ1v) is 12.0. The van der Waals surface area contributed by atoms with Gasteiger partial charge in [-0.2, -0.15) is 4.68 Å². The number of amides is 1.